The van der Waals surface area contributed by atoms with Gasteiger partial charge in [0.25, 0.3) is 5.91 Å². The second kappa shape index (κ2) is 5.39. The quantitative estimate of drug-likeness (QED) is 0.912. The molecule has 0 spiro atoms. The molecule has 0 aliphatic rings. The smallest absolute Gasteiger partial charge is 0.258 e. The number of anilines is 2. The lowest BCUT2D eigenvalue weighted by molar-refractivity contribution is 0.0992. The SMILES string of the molecule is COc1cccc(C(=O)N(C)c2ccncc2N)c1. The standard InChI is InChI=1S/C14H15N3O2/c1-17(13-6-7-16-9-12(13)15)14(18)10-4-3-5-11(8-10)19-2/h3-9H,15H2,1-2H3. The van der Waals surface area contributed by atoms with Crippen molar-refractivity contribution in [1.29, 1.82) is 0 Å². The lowest BCUT2D eigenvalue weighted by atomic mass is 10.2. The Labute approximate surface area is 111 Å². The minimum atomic E-state index is -0.156. The fourth-order valence-electron chi connectivity index (χ4n) is 1.76. The van der Waals surface area contributed by atoms with Gasteiger partial charge in [0.15, 0.2) is 0 Å². The number of pyridine rings is 1. The van der Waals surface area contributed by atoms with E-state index in [9.17, 15) is 4.79 Å². The fraction of sp³-hybridized carbons (Fsp3) is 0.143. The lowest BCUT2D eigenvalue weighted by Crippen LogP contribution is -2.27. The molecular formula is C14H15N3O2. The van der Waals surface area contributed by atoms with Gasteiger partial charge in [-0.3, -0.25) is 9.78 Å². The zero-order valence-electron chi connectivity index (χ0n) is 10.8. The first-order valence-corrected chi connectivity index (χ1v) is 5.75. The molecule has 1 aromatic heterocycles. The Kier molecular flexibility index (Phi) is 3.66. The van der Waals surface area contributed by atoms with E-state index in [0.717, 1.165) is 0 Å². The topological polar surface area (TPSA) is 68.5 Å². The predicted octanol–water partition coefficient (Wildman–Crippen LogP) is 1.95. The van der Waals surface area contributed by atoms with Gasteiger partial charge in [0.2, 0.25) is 0 Å². The molecule has 0 aliphatic heterocycles. The van der Waals surface area contributed by atoms with Crippen LogP contribution in [-0.4, -0.2) is 25.0 Å². The maximum Gasteiger partial charge on any atom is 0.258 e. The van der Waals surface area contributed by atoms with Gasteiger partial charge in [0.05, 0.1) is 24.7 Å². The van der Waals surface area contributed by atoms with Crippen LogP contribution in [0, 0.1) is 0 Å². The number of methoxy groups -OCH3 is 1. The molecule has 0 bridgehead atoms. The van der Waals surface area contributed by atoms with E-state index < -0.39 is 0 Å². The molecule has 0 saturated heterocycles. The second-order valence-electron chi connectivity index (χ2n) is 4.03. The largest absolute Gasteiger partial charge is 0.497 e. The number of amides is 1. The van der Waals surface area contributed by atoms with Crippen LogP contribution in [0.25, 0.3) is 0 Å². The summed E-state index contributed by atoms with van der Waals surface area (Å²) in [4.78, 5) is 17.8. The van der Waals surface area contributed by atoms with Crippen molar-refractivity contribution < 1.29 is 9.53 Å². The van der Waals surface area contributed by atoms with Gasteiger partial charge in [-0.2, -0.15) is 0 Å². The Morgan fingerprint density at radius 3 is 2.84 bits per heavy atom. The number of nitrogen functional groups attached to an aromatic ring is 1. The Balaban J connectivity index is 2.31. The van der Waals surface area contributed by atoms with E-state index in [1.54, 1.807) is 50.7 Å². The number of ether oxygens (including phenoxy) is 1. The number of carbonyl (C=O) groups is 1. The Morgan fingerprint density at radius 2 is 2.16 bits per heavy atom. The van der Waals surface area contributed by atoms with Crippen molar-refractivity contribution in [3.63, 3.8) is 0 Å². The molecule has 2 N–H and O–H groups in total. The van der Waals surface area contributed by atoms with Crippen LogP contribution in [0.15, 0.2) is 42.7 Å². The number of nitrogens with zero attached hydrogens (tertiary/aromatic N) is 2. The van der Waals surface area contributed by atoms with Crippen LogP contribution < -0.4 is 15.4 Å². The summed E-state index contributed by atoms with van der Waals surface area (Å²) in [6.07, 6.45) is 3.12. The maximum atomic E-state index is 12.4. The van der Waals surface area contributed by atoms with E-state index in [1.165, 1.54) is 11.1 Å². The summed E-state index contributed by atoms with van der Waals surface area (Å²) in [5, 5.41) is 0. The molecule has 5 heteroatoms. The summed E-state index contributed by atoms with van der Waals surface area (Å²) >= 11 is 0. The first kappa shape index (κ1) is 12.9. The number of benzene rings is 1. The molecule has 0 atom stereocenters. The molecular weight excluding hydrogens is 242 g/mol. The molecule has 2 aromatic rings. The third-order valence-electron chi connectivity index (χ3n) is 2.81. The highest BCUT2D eigenvalue weighted by molar-refractivity contribution is 6.07. The minimum Gasteiger partial charge on any atom is -0.497 e. The molecule has 5 nitrogen and oxygen atoms in total. The minimum absolute atomic E-state index is 0.156. The Hall–Kier alpha value is -2.56. The van der Waals surface area contributed by atoms with Crippen LogP contribution >= 0.6 is 0 Å². The number of aromatic nitrogens is 1. The van der Waals surface area contributed by atoms with Gasteiger partial charge in [-0.1, -0.05) is 6.07 Å². The van der Waals surface area contributed by atoms with Crippen molar-refractivity contribution in [3.05, 3.63) is 48.3 Å². The van der Waals surface area contributed by atoms with E-state index in [0.29, 0.717) is 22.7 Å². The van der Waals surface area contributed by atoms with E-state index in [4.69, 9.17) is 10.5 Å². The summed E-state index contributed by atoms with van der Waals surface area (Å²) in [6, 6.07) is 8.69. The monoisotopic (exact) mass is 257 g/mol. The van der Waals surface area contributed by atoms with Crippen molar-refractivity contribution in [2.75, 3.05) is 24.8 Å². The second-order valence-corrected chi connectivity index (χ2v) is 4.03. The summed E-state index contributed by atoms with van der Waals surface area (Å²) in [5.74, 6) is 0.485. The Morgan fingerprint density at radius 1 is 1.37 bits per heavy atom. The molecule has 1 amide bonds. The third-order valence-corrected chi connectivity index (χ3v) is 2.81. The third kappa shape index (κ3) is 2.65. The lowest BCUT2D eigenvalue weighted by Gasteiger charge is -2.19. The number of nitrogens with two attached hydrogens (primary N) is 1. The zero-order chi connectivity index (χ0) is 13.8. The van der Waals surface area contributed by atoms with Gasteiger partial charge in [-0.25, -0.2) is 0 Å². The molecule has 0 unspecified atom stereocenters. The molecule has 0 fully saturated rings. The zero-order valence-corrected chi connectivity index (χ0v) is 10.8. The summed E-state index contributed by atoms with van der Waals surface area (Å²) < 4.78 is 5.11. The van der Waals surface area contributed by atoms with Gasteiger partial charge >= 0.3 is 0 Å². The van der Waals surface area contributed by atoms with E-state index in [-0.39, 0.29) is 5.91 Å². The molecule has 0 saturated carbocycles. The summed E-state index contributed by atoms with van der Waals surface area (Å²) in [5.41, 5.74) is 7.44. The van der Waals surface area contributed by atoms with Crippen LogP contribution in [0.1, 0.15) is 10.4 Å². The normalized spacial score (nSPS) is 10.0. The van der Waals surface area contributed by atoms with Gasteiger partial charge in [0.1, 0.15) is 5.75 Å². The van der Waals surface area contributed by atoms with Crippen LogP contribution in [0.5, 0.6) is 5.75 Å². The number of rotatable bonds is 3. The number of hydrogen-bond donors (Lipinski definition) is 1. The van der Waals surface area contributed by atoms with Crippen molar-refractivity contribution >= 4 is 17.3 Å². The highest BCUT2D eigenvalue weighted by Gasteiger charge is 2.15. The van der Waals surface area contributed by atoms with E-state index in [1.807, 2.05) is 0 Å². The average molecular weight is 257 g/mol. The number of carbonyl (C=O) groups excluding carboxylic acids is 1. The predicted molar refractivity (Wildman–Crippen MR) is 74.4 cm³/mol. The number of hydrogen-bond acceptors (Lipinski definition) is 4. The molecule has 19 heavy (non-hydrogen) atoms. The van der Waals surface area contributed by atoms with Crippen LogP contribution in [0.3, 0.4) is 0 Å². The summed E-state index contributed by atoms with van der Waals surface area (Å²) in [7, 11) is 3.24. The molecule has 1 aromatic carbocycles. The molecule has 2 rings (SSSR count). The van der Waals surface area contributed by atoms with Crippen LogP contribution in [-0.2, 0) is 0 Å². The van der Waals surface area contributed by atoms with Gasteiger partial charge in [-0.05, 0) is 24.3 Å². The van der Waals surface area contributed by atoms with Gasteiger partial charge in [0, 0.05) is 18.8 Å². The highest BCUT2D eigenvalue weighted by atomic mass is 16.5. The van der Waals surface area contributed by atoms with Crippen molar-refractivity contribution in [1.82, 2.24) is 4.98 Å². The van der Waals surface area contributed by atoms with Crippen LogP contribution in [0.2, 0.25) is 0 Å². The fourth-order valence-corrected chi connectivity index (χ4v) is 1.76. The summed E-state index contributed by atoms with van der Waals surface area (Å²) in [6.45, 7) is 0. The van der Waals surface area contributed by atoms with E-state index >= 15 is 0 Å². The first-order valence-electron chi connectivity index (χ1n) is 5.75. The molecule has 98 valence electrons. The molecule has 0 radical (unpaired) electrons. The van der Waals surface area contributed by atoms with Crippen LogP contribution in [0.4, 0.5) is 11.4 Å². The molecule has 1 heterocycles. The van der Waals surface area contributed by atoms with Gasteiger partial charge < -0.3 is 15.4 Å². The molecule has 0 aliphatic carbocycles. The van der Waals surface area contributed by atoms with Crippen molar-refractivity contribution in [2.45, 2.75) is 0 Å². The van der Waals surface area contributed by atoms with E-state index in [2.05, 4.69) is 4.98 Å². The van der Waals surface area contributed by atoms with Gasteiger partial charge in [-0.15, -0.1) is 0 Å². The average Bonchev–Trinajstić information content (AvgIpc) is 2.46. The highest BCUT2D eigenvalue weighted by Crippen LogP contribution is 2.22. The first-order chi connectivity index (χ1) is 9.13. The van der Waals surface area contributed by atoms with Crippen molar-refractivity contribution in [2.24, 2.45) is 0 Å². The Bertz CT molecular complexity index is 599. The van der Waals surface area contributed by atoms with Crippen molar-refractivity contribution in [3.8, 4) is 5.75 Å². The maximum absolute atomic E-state index is 12.4.